The van der Waals surface area contributed by atoms with E-state index in [1.165, 1.54) is 16.9 Å². The maximum absolute atomic E-state index is 11.9. The predicted octanol–water partition coefficient (Wildman–Crippen LogP) is 0.364. The maximum atomic E-state index is 11.9. The van der Waals surface area contributed by atoms with Crippen molar-refractivity contribution in [2.45, 2.75) is 26.4 Å². The van der Waals surface area contributed by atoms with Gasteiger partial charge in [-0.2, -0.15) is 0 Å². The molecule has 1 aliphatic rings. The first-order valence-corrected chi connectivity index (χ1v) is 7.21. The molecule has 0 bridgehead atoms. The van der Waals surface area contributed by atoms with E-state index in [1.54, 1.807) is 20.8 Å². The van der Waals surface area contributed by atoms with E-state index in [0.717, 1.165) is 12.2 Å². The number of esters is 1. The first-order valence-electron chi connectivity index (χ1n) is 7.21. The summed E-state index contributed by atoms with van der Waals surface area (Å²) in [7, 11) is 1.18. The highest BCUT2D eigenvalue weighted by Gasteiger charge is 2.29. The number of ether oxygens (including phenoxy) is 2. The molecule has 8 heteroatoms. The minimum Gasteiger partial charge on any atom is -0.466 e. The molecule has 0 aromatic rings. The van der Waals surface area contributed by atoms with E-state index in [1.807, 2.05) is 0 Å². The minimum atomic E-state index is -0.805. The summed E-state index contributed by atoms with van der Waals surface area (Å²) in [6.07, 6.45) is 1.34. The molecule has 0 saturated carbocycles. The summed E-state index contributed by atoms with van der Waals surface area (Å²) >= 11 is 0. The van der Waals surface area contributed by atoms with Gasteiger partial charge in [0.15, 0.2) is 0 Å². The summed E-state index contributed by atoms with van der Waals surface area (Å²) < 4.78 is 9.60. The first-order chi connectivity index (χ1) is 10.6. The molecule has 8 nitrogen and oxygen atoms in total. The summed E-state index contributed by atoms with van der Waals surface area (Å²) in [6, 6.07) is 0. The van der Waals surface area contributed by atoms with Crippen LogP contribution in [0, 0.1) is 0 Å². The van der Waals surface area contributed by atoms with E-state index < -0.39 is 29.4 Å². The fraction of sp³-hybridized carbons (Fsp3) is 0.600. The lowest BCUT2D eigenvalue weighted by Gasteiger charge is -2.35. The van der Waals surface area contributed by atoms with Gasteiger partial charge in [-0.1, -0.05) is 0 Å². The van der Waals surface area contributed by atoms with E-state index >= 15 is 0 Å². The van der Waals surface area contributed by atoms with E-state index in [0.29, 0.717) is 0 Å². The quantitative estimate of drug-likeness (QED) is 0.422. The highest BCUT2D eigenvalue weighted by molar-refractivity contribution is 6.41. The molecule has 1 rings (SSSR count). The van der Waals surface area contributed by atoms with Crippen molar-refractivity contribution in [2.75, 3.05) is 33.3 Å². The number of piperazine rings is 1. The van der Waals surface area contributed by atoms with Crippen LogP contribution in [-0.4, -0.2) is 72.4 Å². The van der Waals surface area contributed by atoms with Gasteiger partial charge in [0.2, 0.25) is 5.78 Å². The van der Waals surface area contributed by atoms with Gasteiger partial charge in [0.25, 0.3) is 5.91 Å². The van der Waals surface area contributed by atoms with Gasteiger partial charge in [-0.25, -0.2) is 9.59 Å². The Morgan fingerprint density at radius 1 is 0.913 bits per heavy atom. The van der Waals surface area contributed by atoms with Gasteiger partial charge in [0, 0.05) is 32.3 Å². The van der Waals surface area contributed by atoms with Crippen LogP contribution in [0.4, 0.5) is 4.79 Å². The van der Waals surface area contributed by atoms with Crippen LogP contribution in [0.3, 0.4) is 0 Å². The van der Waals surface area contributed by atoms with Crippen LogP contribution in [0.1, 0.15) is 20.8 Å². The SMILES string of the molecule is COC(=O)/C=C/C(=O)C(=O)N1CCN(C(=O)OC(C)(C)C)CC1. The molecule has 0 atom stereocenters. The highest BCUT2D eigenvalue weighted by Crippen LogP contribution is 2.12. The Hall–Kier alpha value is -2.38. The molecule has 23 heavy (non-hydrogen) atoms. The Balaban J connectivity index is 2.51. The van der Waals surface area contributed by atoms with Crippen molar-refractivity contribution in [1.82, 2.24) is 9.80 Å². The van der Waals surface area contributed by atoms with Crippen LogP contribution in [0.5, 0.6) is 0 Å². The van der Waals surface area contributed by atoms with Gasteiger partial charge in [0.1, 0.15) is 5.60 Å². The number of amides is 2. The van der Waals surface area contributed by atoms with Crippen LogP contribution in [0.15, 0.2) is 12.2 Å². The van der Waals surface area contributed by atoms with Crippen molar-refractivity contribution in [3.63, 3.8) is 0 Å². The molecule has 0 radical (unpaired) electrons. The third-order valence-corrected chi connectivity index (χ3v) is 3.00. The molecular formula is C15H22N2O6. The predicted molar refractivity (Wildman–Crippen MR) is 80.6 cm³/mol. The molecule has 1 aliphatic heterocycles. The van der Waals surface area contributed by atoms with Crippen molar-refractivity contribution in [2.24, 2.45) is 0 Å². The lowest BCUT2D eigenvalue weighted by Crippen LogP contribution is -2.52. The number of nitrogens with zero attached hydrogens (tertiary/aromatic N) is 2. The molecule has 2 amide bonds. The van der Waals surface area contributed by atoms with Crippen LogP contribution in [-0.2, 0) is 23.9 Å². The number of hydrogen-bond acceptors (Lipinski definition) is 6. The Kier molecular flexibility index (Phi) is 6.29. The Labute approximate surface area is 135 Å². The summed E-state index contributed by atoms with van der Waals surface area (Å²) in [4.78, 5) is 49.3. The fourth-order valence-electron chi connectivity index (χ4n) is 1.86. The molecule has 0 unspecified atom stereocenters. The molecule has 1 heterocycles. The smallest absolute Gasteiger partial charge is 0.410 e. The van der Waals surface area contributed by atoms with E-state index in [4.69, 9.17) is 4.74 Å². The molecular weight excluding hydrogens is 304 g/mol. The second-order valence-corrected chi connectivity index (χ2v) is 5.98. The van der Waals surface area contributed by atoms with Crippen molar-refractivity contribution in [3.05, 3.63) is 12.2 Å². The summed E-state index contributed by atoms with van der Waals surface area (Å²) in [5.41, 5.74) is -0.585. The standard InChI is InChI=1S/C15H22N2O6/c1-15(2,3)23-14(21)17-9-7-16(8-10-17)13(20)11(18)5-6-12(19)22-4/h5-6H,7-10H2,1-4H3/b6-5+. The number of rotatable bonds is 3. The van der Waals surface area contributed by atoms with Gasteiger partial charge < -0.3 is 19.3 Å². The number of carbonyl (C=O) groups is 4. The Morgan fingerprint density at radius 2 is 1.43 bits per heavy atom. The van der Waals surface area contributed by atoms with Crippen molar-refractivity contribution < 1.29 is 28.7 Å². The van der Waals surface area contributed by atoms with Crippen LogP contribution >= 0.6 is 0 Å². The number of ketones is 1. The third-order valence-electron chi connectivity index (χ3n) is 3.00. The third kappa shape index (κ3) is 6.09. The summed E-state index contributed by atoms with van der Waals surface area (Å²) in [6.45, 7) is 6.36. The van der Waals surface area contributed by atoms with Crippen LogP contribution in [0.25, 0.3) is 0 Å². The zero-order valence-electron chi connectivity index (χ0n) is 13.8. The Morgan fingerprint density at radius 3 is 1.91 bits per heavy atom. The zero-order valence-corrected chi connectivity index (χ0v) is 13.8. The van der Waals surface area contributed by atoms with E-state index in [9.17, 15) is 19.2 Å². The van der Waals surface area contributed by atoms with Gasteiger partial charge in [-0.3, -0.25) is 9.59 Å². The molecule has 128 valence electrons. The largest absolute Gasteiger partial charge is 0.466 e. The fourth-order valence-corrected chi connectivity index (χ4v) is 1.86. The molecule has 0 aromatic carbocycles. The van der Waals surface area contributed by atoms with Crippen LogP contribution in [0.2, 0.25) is 0 Å². The number of carbonyl (C=O) groups excluding carboxylic acids is 4. The molecule has 0 aliphatic carbocycles. The van der Waals surface area contributed by atoms with Gasteiger partial charge in [0.05, 0.1) is 7.11 Å². The first kappa shape index (κ1) is 18.7. The topological polar surface area (TPSA) is 93.2 Å². The van der Waals surface area contributed by atoms with Gasteiger partial charge in [-0.05, 0) is 26.8 Å². The lowest BCUT2D eigenvalue weighted by atomic mass is 10.2. The second kappa shape index (κ2) is 7.75. The lowest BCUT2D eigenvalue weighted by molar-refractivity contribution is -0.143. The van der Waals surface area contributed by atoms with Gasteiger partial charge in [-0.15, -0.1) is 0 Å². The normalized spacial score (nSPS) is 15.5. The average molecular weight is 326 g/mol. The molecule has 0 N–H and O–H groups in total. The molecule has 0 aromatic heterocycles. The highest BCUT2D eigenvalue weighted by atomic mass is 16.6. The van der Waals surface area contributed by atoms with Crippen LogP contribution < -0.4 is 0 Å². The number of methoxy groups -OCH3 is 1. The Bertz CT molecular complexity index is 513. The second-order valence-electron chi connectivity index (χ2n) is 5.98. The molecule has 1 saturated heterocycles. The zero-order chi connectivity index (χ0) is 17.6. The van der Waals surface area contributed by atoms with E-state index in [2.05, 4.69) is 4.74 Å². The summed E-state index contributed by atoms with van der Waals surface area (Å²) in [5, 5.41) is 0. The molecule has 0 spiro atoms. The van der Waals surface area contributed by atoms with Gasteiger partial charge >= 0.3 is 12.1 Å². The monoisotopic (exact) mass is 326 g/mol. The minimum absolute atomic E-state index is 0.232. The molecule has 1 fully saturated rings. The number of hydrogen-bond donors (Lipinski definition) is 0. The summed E-state index contributed by atoms with van der Waals surface area (Å²) in [5.74, 6) is -2.23. The van der Waals surface area contributed by atoms with Crippen molar-refractivity contribution in [3.8, 4) is 0 Å². The van der Waals surface area contributed by atoms with Crippen molar-refractivity contribution >= 4 is 23.8 Å². The maximum Gasteiger partial charge on any atom is 0.410 e. The van der Waals surface area contributed by atoms with E-state index in [-0.39, 0.29) is 26.2 Å². The average Bonchev–Trinajstić information content (AvgIpc) is 2.49. The van der Waals surface area contributed by atoms with Crippen molar-refractivity contribution in [1.29, 1.82) is 0 Å².